The molecule has 0 bridgehead atoms. The summed E-state index contributed by atoms with van der Waals surface area (Å²) in [6.07, 6.45) is 1.52. The molecule has 132 valence electrons. The Kier molecular flexibility index (Phi) is 6.30. The first kappa shape index (κ1) is 17.8. The van der Waals surface area contributed by atoms with Gasteiger partial charge in [-0.05, 0) is 29.8 Å². The summed E-state index contributed by atoms with van der Waals surface area (Å²) in [4.78, 5) is 23.3. The van der Waals surface area contributed by atoms with Crippen LogP contribution in [0.5, 0.6) is 5.75 Å². The van der Waals surface area contributed by atoms with Gasteiger partial charge in [-0.3, -0.25) is 10.1 Å². The molecule has 0 radical (unpaired) electrons. The first-order chi connectivity index (χ1) is 12.2. The fraction of sp³-hybridized carbons (Fsp3) is 0.294. The lowest BCUT2D eigenvalue weighted by atomic mass is 10.2. The SMILES string of the molecule is O=C(COc1ccc(C2SCCS2)cc1)NC(=O)NCc1ccco1. The van der Waals surface area contributed by atoms with Crippen LogP contribution in [-0.2, 0) is 11.3 Å². The van der Waals surface area contributed by atoms with Crippen LogP contribution in [0.1, 0.15) is 15.9 Å². The topological polar surface area (TPSA) is 80.6 Å². The van der Waals surface area contributed by atoms with E-state index < -0.39 is 11.9 Å². The fourth-order valence-corrected chi connectivity index (χ4v) is 5.07. The van der Waals surface area contributed by atoms with E-state index in [4.69, 9.17) is 9.15 Å². The van der Waals surface area contributed by atoms with Crippen molar-refractivity contribution in [2.45, 2.75) is 11.1 Å². The summed E-state index contributed by atoms with van der Waals surface area (Å²) in [5.41, 5.74) is 1.25. The highest BCUT2D eigenvalue weighted by Gasteiger charge is 2.18. The number of ether oxygens (including phenoxy) is 1. The van der Waals surface area contributed by atoms with Gasteiger partial charge < -0.3 is 14.5 Å². The van der Waals surface area contributed by atoms with Crippen molar-refractivity contribution in [2.75, 3.05) is 18.1 Å². The number of amides is 3. The maximum absolute atomic E-state index is 11.7. The van der Waals surface area contributed by atoms with Gasteiger partial charge in [-0.15, -0.1) is 23.5 Å². The van der Waals surface area contributed by atoms with Crippen LogP contribution in [0.3, 0.4) is 0 Å². The quantitative estimate of drug-likeness (QED) is 0.804. The van der Waals surface area contributed by atoms with E-state index in [0.717, 1.165) is 0 Å². The Bertz CT molecular complexity index is 698. The molecule has 3 rings (SSSR count). The Labute approximate surface area is 154 Å². The van der Waals surface area contributed by atoms with E-state index in [1.165, 1.54) is 23.3 Å². The molecular weight excluding hydrogens is 360 g/mol. The average molecular weight is 378 g/mol. The fourth-order valence-electron chi connectivity index (χ4n) is 2.21. The van der Waals surface area contributed by atoms with Crippen LogP contribution in [0.25, 0.3) is 0 Å². The summed E-state index contributed by atoms with van der Waals surface area (Å²) in [5, 5.41) is 4.73. The third kappa shape index (κ3) is 5.47. The number of rotatable bonds is 6. The number of hydrogen-bond donors (Lipinski definition) is 2. The predicted octanol–water partition coefficient (Wildman–Crippen LogP) is 3.16. The molecule has 0 spiro atoms. The minimum atomic E-state index is -0.587. The molecule has 8 heteroatoms. The molecular formula is C17H18N2O4S2. The third-order valence-electron chi connectivity index (χ3n) is 3.40. The van der Waals surface area contributed by atoms with Crippen LogP contribution in [0, 0.1) is 0 Å². The van der Waals surface area contributed by atoms with Gasteiger partial charge in [0.05, 0.1) is 17.4 Å². The average Bonchev–Trinajstić information content (AvgIpc) is 3.32. The van der Waals surface area contributed by atoms with Crippen molar-refractivity contribution in [3.63, 3.8) is 0 Å². The number of carbonyl (C=O) groups is 2. The van der Waals surface area contributed by atoms with Gasteiger partial charge in [-0.2, -0.15) is 0 Å². The lowest BCUT2D eigenvalue weighted by molar-refractivity contribution is -0.122. The zero-order valence-electron chi connectivity index (χ0n) is 13.4. The molecule has 6 nitrogen and oxygen atoms in total. The molecule has 2 aromatic rings. The second-order valence-corrected chi connectivity index (χ2v) is 7.97. The van der Waals surface area contributed by atoms with Gasteiger partial charge in [0.1, 0.15) is 11.5 Å². The van der Waals surface area contributed by atoms with E-state index >= 15 is 0 Å². The number of urea groups is 1. The minimum Gasteiger partial charge on any atom is -0.484 e. The molecule has 25 heavy (non-hydrogen) atoms. The van der Waals surface area contributed by atoms with Crippen LogP contribution >= 0.6 is 23.5 Å². The van der Waals surface area contributed by atoms with Gasteiger partial charge in [0.15, 0.2) is 6.61 Å². The largest absolute Gasteiger partial charge is 0.484 e. The Hall–Kier alpha value is -2.06. The van der Waals surface area contributed by atoms with Crippen molar-refractivity contribution in [1.82, 2.24) is 10.6 Å². The number of furan rings is 1. The summed E-state index contributed by atoms with van der Waals surface area (Å²) in [6.45, 7) is -0.00787. The van der Waals surface area contributed by atoms with Crippen molar-refractivity contribution in [2.24, 2.45) is 0 Å². The molecule has 1 aliphatic rings. The number of hydrogen-bond acceptors (Lipinski definition) is 6. The molecule has 0 aliphatic carbocycles. The summed E-state index contributed by atoms with van der Waals surface area (Å²) in [6, 6.07) is 10.6. The van der Waals surface area contributed by atoms with Crippen LogP contribution < -0.4 is 15.4 Å². The van der Waals surface area contributed by atoms with E-state index in [9.17, 15) is 9.59 Å². The molecule has 3 amide bonds. The Morgan fingerprint density at radius 1 is 1.16 bits per heavy atom. The first-order valence-electron chi connectivity index (χ1n) is 7.77. The van der Waals surface area contributed by atoms with Crippen molar-refractivity contribution in [1.29, 1.82) is 0 Å². The standard InChI is InChI=1S/C17H18N2O4S2/c20-15(19-17(21)18-10-14-2-1-7-22-14)11-23-13-5-3-12(4-6-13)16-24-8-9-25-16/h1-7,16H,8-11H2,(H2,18,19,20,21). The molecule has 0 saturated carbocycles. The number of thioether (sulfide) groups is 2. The maximum atomic E-state index is 11.7. The van der Waals surface area contributed by atoms with Gasteiger partial charge in [-0.1, -0.05) is 12.1 Å². The van der Waals surface area contributed by atoms with E-state index in [2.05, 4.69) is 10.6 Å². The summed E-state index contributed by atoms with van der Waals surface area (Å²) in [5.74, 6) is 3.05. The van der Waals surface area contributed by atoms with Gasteiger partial charge in [-0.25, -0.2) is 4.79 Å². The smallest absolute Gasteiger partial charge is 0.321 e. The second kappa shape index (κ2) is 8.87. The van der Waals surface area contributed by atoms with Gasteiger partial charge in [0, 0.05) is 11.5 Å². The molecule has 1 aromatic carbocycles. The summed E-state index contributed by atoms with van der Waals surface area (Å²) >= 11 is 3.87. The predicted molar refractivity (Wildman–Crippen MR) is 98.7 cm³/mol. The summed E-state index contributed by atoms with van der Waals surface area (Å²) in [7, 11) is 0. The number of imide groups is 1. The highest BCUT2D eigenvalue weighted by Crippen LogP contribution is 2.45. The van der Waals surface area contributed by atoms with Crippen molar-refractivity contribution >= 4 is 35.5 Å². The van der Waals surface area contributed by atoms with E-state index in [-0.39, 0.29) is 13.2 Å². The molecule has 1 fully saturated rings. The minimum absolute atomic E-state index is 0.214. The monoisotopic (exact) mass is 378 g/mol. The van der Waals surface area contributed by atoms with Crippen molar-refractivity contribution < 1.29 is 18.7 Å². The molecule has 0 atom stereocenters. The Balaban J connectivity index is 1.38. The Morgan fingerprint density at radius 2 is 1.92 bits per heavy atom. The zero-order chi connectivity index (χ0) is 17.5. The highest BCUT2D eigenvalue weighted by molar-refractivity contribution is 8.19. The van der Waals surface area contributed by atoms with Gasteiger partial charge in [0.2, 0.25) is 0 Å². The lowest BCUT2D eigenvalue weighted by Crippen LogP contribution is -2.41. The summed E-state index contributed by atoms with van der Waals surface area (Å²) < 4.78 is 11.0. The van der Waals surface area contributed by atoms with Crippen molar-refractivity contribution in [3.8, 4) is 5.75 Å². The van der Waals surface area contributed by atoms with Crippen LogP contribution in [0.15, 0.2) is 47.1 Å². The van der Waals surface area contributed by atoms with Crippen molar-refractivity contribution in [3.05, 3.63) is 54.0 Å². The van der Waals surface area contributed by atoms with Crippen LogP contribution in [0.2, 0.25) is 0 Å². The maximum Gasteiger partial charge on any atom is 0.321 e. The molecule has 1 aliphatic heterocycles. The molecule has 1 aromatic heterocycles. The second-order valence-electron chi connectivity index (χ2n) is 5.24. The van der Waals surface area contributed by atoms with Gasteiger partial charge in [0.25, 0.3) is 5.91 Å². The van der Waals surface area contributed by atoms with E-state index in [0.29, 0.717) is 16.1 Å². The highest BCUT2D eigenvalue weighted by atomic mass is 32.2. The normalized spacial score (nSPS) is 14.2. The van der Waals surface area contributed by atoms with E-state index in [1.54, 1.807) is 12.1 Å². The molecule has 2 N–H and O–H groups in total. The first-order valence-corrected chi connectivity index (χ1v) is 9.86. The zero-order valence-corrected chi connectivity index (χ0v) is 15.0. The van der Waals surface area contributed by atoms with Crippen LogP contribution in [-0.4, -0.2) is 30.1 Å². The third-order valence-corrected chi connectivity index (χ3v) is 6.50. The molecule has 2 heterocycles. The molecule has 1 saturated heterocycles. The lowest BCUT2D eigenvalue weighted by Gasteiger charge is -2.10. The van der Waals surface area contributed by atoms with E-state index in [1.807, 2.05) is 47.8 Å². The number of nitrogens with one attached hydrogen (secondary N) is 2. The van der Waals surface area contributed by atoms with Crippen LogP contribution in [0.4, 0.5) is 4.79 Å². The molecule has 0 unspecified atom stereocenters. The number of carbonyl (C=O) groups excluding carboxylic acids is 2. The van der Waals surface area contributed by atoms with Gasteiger partial charge >= 0.3 is 6.03 Å². The number of benzene rings is 1. The Morgan fingerprint density at radius 3 is 2.60 bits per heavy atom.